The second kappa shape index (κ2) is 8.40. The van der Waals surface area contributed by atoms with Gasteiger partial charge >= 0.3 is 0 Å². The van der Waals surface area contributed by atoms with E-state index in [1.54, 1.807) is 13.2 Å². The molecule has 1 fully saturated rings. The quantitative estimate of drug-likeness (QED) is 0.807. The van der Waals surface area contributed by atoms with Gasteiger partial charge in [-0.2, -0.15) is 0 Å². The fourth-order valence-corrected chi connectivity index (χ4v) is 3.53. The summed E-state index contributed by atoms with van der Waals surface area (Å²) in [6.07, 6.45) is 8.51. The molecule has 0 amide bonds. The van der Waals surface area contributed by atoms with Gasteiger partial charge in [-0.15, -0.1) is 0 Å². The summed E-state index contributed by atoms with van der Waals surface area (Å²) in [6.45, 7) is 3.36. The number of hydrogen-bond donors (Lipinski definition) is 0. The Morgan fingerprint density at radius 3 is 3.04 bits per heavy atom. The van der Waals surface area contributed by atoms with Gasteiger partial charge in [0.25, 0.3) is 0 Å². The molecule has 1 aliphatic heterocycles. The Kier molecular flexibility index (Phi) is 5.99. The van der Waals surface area contributed by atoms with Gasteiger partial charge in [0.1, 0.15) is 5.82 Å². The van der Waals surface area contributed by atoms with Crippen molar-refractivity contribution in [3.05, 3.63) is 53.9 Å². The molecule has 1 saturated heterocycles. The number of benzene rings is 1. The van der Waals surface area contributed by atoms with Gasteiger partial charge in [-0.3, -0.25) is 4.90 Å². The minimum absolute atomic E-state index is 0.151. The van der Waals surface area contributed by atoms with Crippen molar-refractivity contribution in [1.29, 1.82) is 0 Å². The highest BCUT2D eigenvalue weighted by Gasteiger charge is 2.24. The van der Waals surface area contributed by atoms with E-state index in [1.807, 2.05) is 24.7 Å². The topological polar surface area (TPSA) is 30.3 Å². The highest BCUT2D eigenvalue weighted by Crippen LogP contribution is 2.31. The molecule has 1 aromatic heterocycles. The number of aromatic nitrogens is 2. The number of ether oxygens (including phenoxy) is 1. The molecule has 130 valence electrons. The fourth-order valence-electron chi connectivity index (χ4n) is 3.53. The van der Waals surface area contributed by atoms with E-state index in [4.69, 9.17) is 4.74 Å². The molecule has 0 saturated carbocycles. The second-order valence-electron chi connectivity index (χ2n) is 6.46. The SMILES string of the molecule is COCCn1cncc1CN1CCCCC[C@H]1c1cccc(F)c1. The Bertz CT molecular complexity index is 643. The normalized spacial score (nSPS) is 19.3. The van der Waals surface area contributed by atoms with E-state index in [0.717, 1.165) is 31.6 Å². The summed E-state index contributed by atoms with van der Waals surface area (Å²) in [6, 6.07) is 7.34. The molecule has 0 bridgehead atoms. The van der Waals surface area contributed by atoms with Gasteiger partial charge < -0.3 is 9.30 Å². The lowest BCUT2D eigenvalue weighted by molar-refractivity contribution is 0.174. The van der Waals surface area contributed by atoms with Crippen molar-refractivity contribution in [2.75, 3.05) is 20.3 Å². The standard InChI is InChI=1S/C19H26FN3O/c1-24-11-10-23-15-21-13-18(23)14-22-9-4-2-3-8-19(22)16-6-5-7-17(20)12-16/h5-7,12-13,15,19H,2-4,8-11,14H2,1H3/t19-/m0/s1. The van der Waals surface area contributed by atoms with Gasteiger partial charge in [-0.05, 0) is 37.1 Å². The largest absolute Gasteiger partial charge is 0.383 e. The van der Waals surface area contributed by atoms with Crippen LogP contribution >= 0.6 is 0 Å². The first-order valence-corrected chi connectivity index (χ1v) is 8.75. The molecule has 0 spiro atoms. The first kappa shape index (κ1) is 17.1. The Morgan fingerprint density at radius 1 is 1.29 bits per heavy atom. The van der Waals surface area contributed by atoms with Crippen LogP contribution in [0.5, 0.6) is 0 Å². The van der Waals surface area contributed by atoms with E-state index in [1.165, 1.54) is 31.0 Å². The molecule has 3 rings (SSSR count). The fraction of sp³-hybridized carbons (Fsp3) is 0.526. The van der Waals surface area contributed by atoms with Crippen molar-refractivity contribution in [1.82, 2.24) is 14.5 Å². The lowest BCUT2D eigenvalue weighted by Gasteiger charge is -2.30. The molecule has 2 heterocycles. The molecule has 24 heavy (non-hydrogen) atoms. The van der Waals surface area contributed by atoms with Crippen LogP contribution in [0.25, 0.3) is 0 Å². The molecule has 5 heteroatoms. The van der Waals surface area contributed by atoms with E-state index < -0.39 is 0 Å². The minimum Gasteiger partial charge on any atom is -0.383 e. The van der Waals surface area contributed by atoms with Crippen LogP contribution in [0.2, 0.25) is 0 Å². The summed E-state index contributed by atoms with van der Waals surface area (Å²) < 4.78 is 21.0. The van der Waals surface area contributed by atoms with Crippen molar-refractivity contribution in [3.63, 3.8) is 0 Å². The summed E-state index contributed by atoms with van der Waals surface area (Å²) >= 11 is 0. The van der Waals surface area contributed by atoms with E-state index in [2.05, 4.69) is 14.5 Å². The summed E-state index contributed by atoms with van der Waals surface area (Å²) in [4.78, 5) is 6.77. The average molecular weight is 331 g/mol. The molecule has 0 unspecified atom stereocenters. The first-order valence-electron chi connectivity index (χ1n) is 8.75. The van der Waals surface area contributed by atoms with Gasteiger partial charge in [0.05, 0.1) is 18.6 Å². The summed E-state index contributed by atoms with van der Waals surface area (Å²) in [7, 11) is 1.71. The average Bonchev–Trinajstić information content (AvgIpc) is 2.88. The maximum atomic E-state index is 13.7. The zero-order valence-electron chi connectivity index (χ0n) is 14.3. The van der Waals surface area contributed by atoms with Crippen molar-refractivity contribution < 1.29 is 9.13 Å². The summed E-state index contributed by atoms with van der Waals surface area (Å²) in [5, 5.41) is 0. The van der Waals surface area contributed by atoms with Crippen LogP contribution in [-0.4, -0.2) is 34.7 Å². The van der Waals surface area contributed by atoms with Crippen molar-refractivity contribution in [3.8, 4) is 0 Å². The Labute approximate surface area is 143 Å². The lowest BCUT2D eigenvalue weighted by atomic mass is 10.0. The molecule has 0 radical (unpaired) electrons. The highest BCUT2D eigenvalue weighted by atomic mass is 19.1. The Morgan fingerprint density at radius 2 is 2.21 bits per heavy atom. The monoisotopic (exact) mass is 331 g/mol. The van der Waals surface area contributed by atoms with Crippen molar-refractivity contribution in [2.45, 2.75) is 44.8 Å². The molecule has 4 nitrogen and oxygen atoms in total. The molecule has 1 atom stereocenters. The van der Waals surface area contributed by atoms with Crippen LogP contribution in [-0.2, 0) is 17.8 Å². The van der Waals surface area contributed by atoms with Crippen LogP contribution in [0, 0.1) is 5.82 Å². The Hall–Kier alpha value is -1.72. The van der Waals surface area contributed by atoms with Crippen molar-refractivity contribution >= 4 is 0 Å². The van der Waals surface area contributed by atoms with Gasteiger partial charge in [0.2, 0.25) is 0 Å². The van der Waals surface area contributed by atoms with Gasteiger partial charge in [0, 0.05) is 32.4 Å². The first-order chi connectivity index (χ1) is 11.8. The number of likely N-dealkylation sites (tertiary alicyclic amines) is 1. The van der Waals surface area contributed by atoms with Gasteiger partial charge in [-0.25, -0.2) is 9.37 Å². The van der Waals surface area contributed by atoms with E-state index in [0.29, 0.717) is 6.61 Å². The van der Waals surface area contributed by atoms with Crippen LogP contribution < -0.4 is 0 Å². The number of imidazole rings is 1. The van der Waals surface area contributed by atoms with E-state index in [-0.39, 0.29) is 11.9 Å². The van der Waals surface area contributed by atoms with Crippen LogP contribution in [0.15, 0.2) is 36.8 Å². The van der Waals surface area contributed by atoms with E-state index >= 15 is 0 Å². The summed E-state index contributed by atoms with van der Waals surface area (Å²) in [5.41, 5.74) is 2.27. The molecule has 2 aromatic rings. The minimum atomic E-state index is -0.151. The summed E-state index contributed by atoms with van der Waals surface area (Å²) in [5.74, 6) is -0.151. The molecule has 0 aliphatic carbocycles. The lowest BCUT2D eigenvalue weighted by Crippen LogP contribution is -2.29. The van der Waals surface area contributed by atoms with Crippen LogP contribution in [0.4, 0.5) is 4.39 Å². The van der Waals surface area contributed by atoms with E-state index in [9.17, 15) is 4.39 Å². The van der Waals surface area contributed by atoms with Crippen LogP contribution in [0.3, 0.4) is 0 Å². The van der Waals surface area contributed by atoms with Crippen LogP contribution in [0.1, 0.15) is 43.0 Å². The zero-order valence-corrected chi connectivity index (χ0v) is 14.3. The number of nitrogens with zero attached hydrogens (tertiary/aromatic N) is 3. The number of methoxy groups -OCH3 is 1. The third-order valence-corrected chi connectivity index (χ3v) is 4.80. The maximum absolute atomic E-state index is 13.7. The van der Waals surface area contributed by atoms with Gasteiger partial charge in [-0.1, -0.05) is 25.0 Å². The smallest absolute Gasteiger partial charge is 0.123 e. The predicted molar refractivity (Wildman–Crippen MR) is 92.1 cm³/mol. The van der Waals surface area contributed by atoms with Crippen molar-refractivity contribution in [2.24, 2.45) is 0 Å². The van der Waals surface area contributed by atoms with Gasteiger partial charge in [0.15, 0.2) is 0 Å². The predicted octanol–water partition coefficient (Wildman–Crippen LogP) is 3.79. The molecule has 1 aromatic carbocycles. The number of rotatable bonds is 6. The number of hydrogen-bond acceptors (Lipinski definition) is 3. The molecule has 1 aliphatic rings. The number of halogens is 1. The molecular formula is C19H26FN3O. The second-order valence-corrected chi connectivity index (χ2v) is 6.46. The highest BCUT2D eigenvalue weighted by molar-refractivity contribution is 5.21. The molecule has 0 N–H and O–H groups in total. The maximum Gasteiger partial charge on any atom is 0.123 e. The third-order valence-electron chi connectivity index (χ3n) is 4.80. The zero-order chi connectivity index (χ0) is 16.8. The Balaban J connectivity index is 1.79. The third kappa shape index (κ3) is 4.22. The molecular weight excluding hydrogens is 305 g/mol.